The van der Waals surface area contributed by atoms with Gasteiger partial charge in [-0.1, -0.05) is 19.1 Å². The molecule has 0 saturated carbocycles. The van der Waals surface area contributed by atoms with E-state index in [1.54, 1.807) is 17.7 Å². The maximum absolute atomic E-state index is 6.31. The molecule has 1 atom stereocenters. The molecule has 0 amide bonds. The Bertz CT molecular complexity index is 1010. The van der Waals surface area contributed by atoms with Crippen LogP contribution in [0.3, 0.4) is 0 Å². The lowest BCUT2D eigenvalue weighted by Crippen LogP contribution is -2.24. The number of aryl methyl sites for hydroxylation is 1. The first-order valence-electron chi connectivity index (χ1n) is 9.24. The molecule has 5 heteroatoms. The molecule has 0 fully saturated rings. The van der Waals surface area contributed by atoms with E-state index in [4.69, 9.17) is 9.47 Å². The van der Waals surface area contributed by atoms with Crippen LogP contribution in [-0.2, 0) is 19.3 Å². The van der Waals surface area contributed by atoms with Gasteiger partial charge in [-0.2, -0.15) is 0 Å². The van der Waals surface area contributed by atoms with Crippen molar-refractivity contribution >= 4 is 21.6 Å². The van der Waals surface area contributed by atoms with Gasteiger partial charge in [-0.15, -0.1) is 11.3 Å². The summed E-state index contributed by atoms with van der Waals surface area (Å²) in [5.41, 5.74) is 2.38. The number of ether oxygens (including phenoxy) is 2. The third-order valence-corrected chi connectivity index (χ3v) is 6.48. The number of nitrogens with zero attached hydrogens (tertiary/aromatic N) is 2. The zero-order valence-corrected chi connectivity index (χ0v) is 16.2. The largest absolute Gasteiger partial charge is 0.483 e. The minimum Gasteiger partial charge on any atom is -0.483 e. The fraction of sp³-hybridized carbons (Fsp3) is 0.429. The number of aromatic nitrogens is 2. The summed E-state index contributed by atoms with van der Waals surface area (Å²) in [6.07, 6.45) is 5.93. The van der Waals surface area contributed by atoms with Gasteiger partial charge in [0.2, 0.25) is 5.88 Å². The van der Waals surface area contributed by atoms with E-state index in [0.29, 0.717) is 5.88 Å². The van der Waals surface area contributed by atoms with Gasteiger partial charge in [-0.25, -0.2) is 9.97 Å². The van der Waals surface area contributed by atoms with Gasteiger partial charge in [0, 0.05) is 16.9 Å². The van der Waals surface area contributed by atoms with Crippen LogP contribution in [0, 0.1) is 5.92 Å². The van der Waals surface area contributed by atoms with Gasteiger partial charge in [0.1, 0.15) is 16.8 Å². The van der Waals surface area contributed by atoms with Gasteiger partial charge >= 0.3 is 0 Å². The number of hydrogen-bond acceptors (Lipinski definition) is 5. The van der Waals surface area contributed by atoms with Crippen LogP contribution in [0.15, 0.2) is 24.5 Å². The van der Waals surface area contributed by atoms with E-state index >= 15 is 0 Å². The zero-order chi connectivity index (χ0) is 17.9. The molecule has 1 aliphatic heterocycles. The molecular weight excluding hydrogens is 344 g/mol. The molecule has 3 heterocycles. The second kappa shape index (κ2) is 5.68. The van der Waals surface area contributed by atoms with Crippen molar-refractivity contribution in [1.29, 1.82) is 0 Å². The van der Waals surface area contributed by atoms with E-state index in [0.717, 1.165) is 46.9 Å². The molecule has 0 unspecified atom stereocenters. The highest BCUT2D eigenvalue weighted by Crippen LogP contribution is 2.46. The SMILES string of the molecule is C[C@H]1CCc2c(sc3ncnc(Oc4cccc5c4OC(C)(C)C5)c23)C1. The molecule has 1 aliphatic carbocycles. The zero-order valence-electron chi connectivity index (χ0n) is 15.3. The van der Waals surface area contributed by atoms with Gasteiger partial charge in [0.05, 0.1) is 5.39 Å². The molecule has 3 aromatic rings. The number of benzene rings is 1. The molecule has 134 valence electrons. The Kier molecular flexibility index (Phi) is 3.51. The van der Waals surface area contributed by atoms with Crippen LogP contribution < -0.4 is 9.47 Å². The van der Waals surface area contributed by atoms with Crippen LogP contribution in [0.2, 0.25) is 0 Å². The van der Waals surface area contributed by atoms with Crippen LogP contribution in [0.4, 0.5) is 0 Å². The van der Waals surface area contributed by atoms with Crippen molar-refractivity contribution in [3.8, 4) is 17.4 Å². The van der Waals surface area contributed by atoms with Crippen molar-refractivity contribution in [2.45, 2.75) is 52.1 Å². The van der Waals surface area contributed by atoms with Crippen LogP contribution in [0.5, 0.6) is 17.4 Å². The first kappa shape index (κ1) is 16.1. The van der Waals surface area contributed by atoms with Crippen molar-refractivity contribution in [2.75, 3.05) is 0 Å². The predicted molar refractivity (Wildman–Crippen MR) is 104 cm³/mol. The Balaban J connectivity index is 1.59. The van der Waals surface area contributed by atoms with Gasteiger partial charge in [-0.3, -0.25) is 0 Å². The van der Waals surface area contributed by atoms with Crippen LogP contribution in [0.25, 0.3) is 10.2 Å². The second-order valence-corrected chi connectivity index (χ2v) is 9.18. The maximum atomic E-state index is 6.31. The third-order valence-electron chi connectivity index (χ3n) is 5.32. The van der Waals surface area contributed by atoms with E-state index in [1.807, 2.05) is 12.1 Å². The van der Waals surface area contributed by atoms with E-state index < -0.39 is 0 Å². The smallest absolute Gasteiger partial charge is 0.231 e. The Morgan fingerprint density at radius 1 is 1.27 bits per heavy atom. The lowest BCUT2D eigenvalue weighted by molar-refractivity contribution is 0.135. The average molecular weight is 366 g/mol. The monoisotopic (exact) mass is 366 g/mol. The van der Waals surface area contributed by atoms with Crippen LogP contribution >= 0.6 is 11.3 Å². The van der Waals surface area contributed by atoms with E-state index in [1.165, 1.54) is 22.4 Å². The normalized spacial score (nSPS) is 20.5. The molecule has 26 heavy (non-hydrogen) atoms. The summed E-state index contributed by atoms with van der Waals surface area (Å²) >= 11 is 1.79. The van der Waals surface area contributed by atoms with Crippen molar-refractivity contribution in [3.05, 3.63) is 40.5 Å². The molecule has 5 rings (SSSR count). The first-order valence-corrected chi connectivity index (χ1v) is 10.1. The third kappa shape index (κ3) is 2.57. The van der Waals surface area contributed by atoms with Crippen molar-refractivity contribution < 1.29 is 9.47 Å². The van der Waals surface area contributed by atoms with Crippen molar-refractivity contribution in [3.63, 3.8) is 0 Å². The van der Waals surface area contributed by atoms with E-state index in [2.05, 4.69) is 36.8 Å². The number of rotatable bonds is 2. The summed E-state index contributed by atoms with van der Waals surface area (Å²) in [5.74, 6) is 2.99. The Labute approximate surface area is 157 Å². The van der Waals surface area contributed by atoms with Crippen molar-refractivity contribution in [2.24, 2.45) is 5.92 Å². The Hall–Kier alpha value is -2.14. The fourth-order valence-corrected chi connectivity index (χ4v) is 5.44. The minimum absolute atomic E-state index is 0.194. The van der Waals surface area contributed by atoms with E-state index in [-0.39, 0.29) is 5.60 Å². The lowest BCUT2D eigenvalue weighted by atomic mass is 9.89. The molecule has 0 radical (unpaired) electrons. The molecule has 0 bridgehead atoms. The van der Waals surface area contributed by atoms with Crippen LogP contribution in [0.1, 0.15) is 43.2 Å². The first-order chi connectivity index (χ1) is 12.5. The highest BCUT2D eigenvalue weighted by Gasteiger charge is 2.33. The maximum Gasteiger partial charge on any atom is 0.231 e. The van der Waals surface area contributed by atoms with Gasteiger partial charge < -0.3 is 9.47 Å². The van der Waals surface area contributed by atoms with Gasteiger partial charge in [0.25, 0.3) is 0 Å². The summed E-state index contributed by atoms with van der Waals surface area (Å²) in [6, 6.07) is 6.11. The lowest BCUT2D eigenvalue weighted by Gasteiger charge is -2.19. The molecule has 1 aromatic carbocycles. The standard InChI is InChI=1S/C21H22N2O2S/c1-12-7-8-14-16(9-12)26-20-17(14)19(22-11-23-20)24-15-6-4-5-13-10-21(2,3)25-18(13)15/h4-6,11-12H,7-10H2,1-3H3/t12-/m0/s1. The number of hydrogen-bond donors (Lipinski definition) is 0. The highest BCUT2D eigenvalue weighted by atomic mass is 32.1. The summed E-state index contributed by atoms with van der Waals surface area (Å²) < 4.78 is 12.5. The Morgan fingerprint density at radius 3 is 3.04 bits per heavy atom. The Morgan fingerprint density at radius 2 is 2.15 bits per heavy atom. The highest BCUT2D eigenvalue weighted by molar-refractivity contribution is 7.18. The molecule has 4 nitrogen and oxygen atoms in total. The van der Waals surface area contributed by atoms with Crippen LogP contribution in [-0.4, -0.2) is 15.6 Å². The summed E-state index contributed by atoms with van der Waals surface area (Å²) in [5, 5.41) is 1.09. The fourth-order valence-electron chi connectivity index (χ4n) is 4.10. The molecule has 0 spiro atoms. The summed E-state index contributed by atoms with van der Waals surface area (Å²) in [7, 11) is 0. The number of para-hydroxylation sites is 1. The molecular formula is C21H22N2O2S. The number of fused-ring (bicyclic) bond motifs is 4. The summed E-state index contributed by atoms with van der Waals surface area (Å²) in [4.78, 5) is 11.5. The van der Waals surface area contributed by atoms with Gasteiger partial charge in [-0.05, 0) is 50.7 Å². The van der Waals surface area contributed by atoms with Crippen molar-refractivity contribution in [1.82, 2.24) is 9.97 Å². The average Bonchev–Trinajstić information content (AvgIpc) is 3.11. The molecule has 2 aliphatic rings. The molecule has 0 saturated heterocycles. The quantitative estimate of drug-likeness (QED) is 0.615. The van der Waals surface area contributed by atoms with Gasteiger partial charge in [0.15, 0.2) is 11.5 Å². The van der Waals surface area contributed by atoms with E-state index in [9.17, 15) is 0 Å². The minimum atomic E-state index is -0.194. The summed E-state index contributed by atoms with van der Waals surface area (Å²) in [6.45, 7) is 6.54. The number of thiophene rings is 1. The predicted octanol–water partition coefficient (Wildman–Crippen LogP) is 5.32. The molecule has 0 N–H and O–H groups in total. The second-order valence-electron chi connectivity index (χ2n) is 8.10. The topological polar surface area (TPSA) is 44.2 Å². The molecule has 2 aromatic heterocycles.